The highest BCUT2D eigenvalue weighted by atomic mass is 16.2. The van der Waals surface area contributed by atoms with Crippen molar-refractivity contribution in [1.82, 2.24) is 15.5 Å². The average molecular weight is 305 g/mol. The van der Waals surface area contributed by atoms with Crippen LogP contribution >= 0.6 is 0 Å². The van der Waals surface area contributed by atoms with E-state index in [4.69, 9.17) is 0 Å². The van der Waals surface area contributed by atoms with E-state index in [-0.39, 0.29) is 6.03 Å². The molecule has 0 aromatic carbocycles. The Hall–Kier alpha value is -0.770. The third kappa shape index (κ3) is 3.58. The molecule has 4 fully saturated rings. The summed E-state index contributed by atoms with van der Waals surface area (Å²) in [5, 5.41) is 6.45. The Balaban J connectivity index is 1.15. The minimum absolute atomic E-state index is 0.0909. The van der Waals surface area contributed by atoms with Gasteiger partial charge in [-0.15, -0.1) is 0 Å². The monoisotopic (exact) mass is 305 g/mol. The standard InChI is InChI=1S/C18H31N3O/c22-18(19-14-8-10-21(11-9-14)15-6-7-15)20-17-12-16(17)13-4-2-1-3-5-13/h13-17H,1-12H2,(H2,19,20,22)/t16-,17-/m1/s1. The molecule has 4 nitrogen and oxygen atoms in total. The lowest BCUT2D eigenvalue weighted by molar-refractivity contribution is 0.185. The normalized spacial score (nSPS) is 34.4. The van der Waals surface area contributed by atoms with Gasteiger partial charge >= 0.3 is 6.03 Å². The van der Waals surface area contributed by atoms with Crippen molar-refractivity contribution < 1.29 is 4.79 Å². The molecule has 1 aliphatic heterocycles. The summed E-state index contributed by atoms with van der Waals surface area (Å²) in [6.07, 6.45) is 13.3. The lowest BCUT2D eigenvalue weighted by atomic mass is 9.85. The molecule has 1 saturated heterocycles. The van der Waals surface area contributed by atoms with Gasteiger partial charge in [-0.05, 0) is 43.9 Å². The number of rotatable bonds is 4. The smallest absolute Gasteiger partial charge is 0.315 e. The molecule has 0 aromatic heterocycles. The molecule has 4 aliphatic rings. The predicted molar refractivity (Wildman–Crippen MR) is 87.8 cm³/mol. The number of carbonyl (C=O) groups excluding carboxylic acids is 1. The zero-order chi connectivity index (χ0) is 14.9. The van der Waals surface area contributed by atoms with Crippen LogP contribution in [-0.4, -0.2) is 42.1 Å². The van der Waals surface area contributed by atoms with Gasteiger partial charge in [-0.25, -0.2) is 4.79 Å². The number of likely N-dealkylation sites (tertiary alicyclic amines) is 1. The molecule has 2 N–H and O–H groups in total. The van der Waals surface area contributed by atoms with Crippen LogP contribution < -0.4 is 10.6 Å². The molecule has 2 amide bonds. The molecule has 0 spiro atoms. The summed E-state index contributed by atoms with van der Waals surface area (Å²) in [5.41, 5.74) is 0. The first kappa shape index (κ1) is 14.8. The molecule has 22 heavy (non-hydrogen) atoms. The number of nitrogens with zero attached hydrogens (tertiary/aromatic N) is 1. The number of urea groups is 1. The topological polar surface area (TPSA) is 44.4 Å². The number of piperidine rings is 1. The van der Waals surface area contributed by atoms with Crippen LogP contribution in [0.25, 0.3) is 0 Å². The van der Waals surface area contributed by atoms with Crippen LogP contribution in [0.2, 0.25) is 0 Å². The highest BCUT2D eigenvalue weighted by Gasteiger charge is 2.44. The van der Waals surface area contributed by atoms with Crippen molar-refractivity contribution in [3.8, 4) is 0 Å². The first-order valence-corrected chi connectivity index (χ1v) is 9.60. The summed E-state index contributed by atoms with van der Waals surface area (Å²) >= 11 is 0. The molecule has 0 unspecified atom stereocenters. The van der Waals surface area contributed by atoms with E-state index >= 15 is 0 Å². The molecule has 4 heteroatoms. The maximum absolute atomic E-state index is 12.2. The molecule has 0 bridgehead atoms. The third-order valence-corrected chi connectivity index (χ3v) is 6.34. The van der Waals surface area contributed by atoms with Gasteiger partial charge in [-0.3, -0.25) is 0 Å². The highest BCUT2D eigenvalue weighted by Crippen LogP contribution is 2.44. The van der Waals surface area contributed by atoms with Crippen LogP contribution in [-0.2, 0) is 0 Å². The van der Waals surface area contributed by atoms with E-state index in [2.05, 4.69) is 15.5 Å². The van der Waals surface area contributed by atoms with E-state index in [1.807, 2.05) is 0 Å². The van der Waals surface area contributed by atoms with Gasteiger partial charge in [0.05, 0.1) is 0 Å². The van der Waals surface area contributed by atoms with Gasteiger partial charge in [0.1, 0.15) is 0 Å². The number of hydrogen-bond donors (Lipinski definition) is 2. The van der Waals surface area contributed by atoms with E-state index < -0.39 is 0 Å². The van der Waals surface area contributed by atoms with Crippen LogP contribution in [0.5, 0.6) is 0 Å². The van der Waals surface area contributed by atoms with Crippen LogP contribution in [0.4, 0.5) is 4.79 Å². The molecular weight excluding hydrogens is 274 g/mol. The zero-order valence-electron chi connectivity index (χ0n) is 13.7. The summed E-state index contributed by atoms with van der Waals surface area (Å²) in [6.45, 7) is 2.34. The van der Waals surface area contributed by atoms with Crippen molar-refractivity contribution in [2.24, 2.45) is 11.8 Å². The number of nitrogens with one attached hydrogen (secondary N) is 2. The van der Waals surface area contributed by atoms with Gasteiger partial charge in [0.15, 0.2) is 0 Å². The maximum atomic E-state index is 12.2. The van der Waals surface area contributed by atoms with Gasteiger partial charge in [0.25, 0.3) is 0 Å². The Bertz CT molecular complexity index is 395. The average Bonchev–Trinajstić information content (AvgIpc) is 3.44. The summed E-state index contributed by atoms with van der Waals surface area (Å²) in [7, 11) is 0. The Morgan fingerprint density at radius 1 is 0.864 bits per heavy atom. The number of carbonyl (C=O) groups is 1. The fraction of sp³-hybridized carbons (Fsp3) is 0.944. The lowest BCUT2D eigenvalue weighted by Crippen LogP contribution is -2.49. The minimum atomic E-state index is 0.0909. The quantitative estimate of drug-likeness (QED) is 0.839. The van der Waals surface area contributed by atoms with Crippen molar-refractivity contribution in [3.05, 3.63) is 0 Å². The van der Waals surface area contributed by atoms with E-state index in [0.29, 0.717) is 12.1 Å². The predicted octanol–water partition coefficient (Wildman–Crippen LogP) is 2.88. The molecule has 1 heterocycles. The van der Waals surface area contributed by atoms with Crippen molar-refractivity contribution in [2.75, 3.05) is 13.1 Å². The molecule has 4 rings (SSSR count). The van der Waals surface area contributed by atoms with Gasteiger partial charge in [-0.1, -0.05) is 32.1 Å². The van der Waals surface area contributed by atoms with Crippen molar-refractivity contribution in [1.29, 1.82) is 0 Å². The van der Waals surface area contributed by atoms with E-state index in [1.54, 1.807) is 0 Å². The molecule has 0 radical (unpaired) electrons. The Morgan fingerprint density at radius 2 is 1.59 bits per heavy atom. The molecule has 0 aromatic rings. The van der Waals surface area contributed by atoms with Gasteiger partial charge in [-0.2, -0.15) is 0 Å². The molecule has 3 saturated carbocycles. The Kier molecular flexibility index (Phi) is 4.29. The zero-order valence-corrected chi connectivity index (χ0v) is 13.7. The van der Waals surface area contributed by atoms with Crippen molar-refractivity contribution in [2.45, 2.75) is 82.3 Å². The summed E-state index contributed by atoms with van der Waals surface area (Å²) in [6, 6.07) is 1.82. The SMILES string of the molecule is O=C(NC1CCN(C2CC2)CC1)N[C@@H]1C[C@@H]1C1CCCCC1. The second-order valence-corrected chi connectivity index (χ2v) is 8.06. The second kappa shape index (κ2) is 6.38. The van der Waals surface area contributed by atoms with Crippen LogP contribution in [0.3, 0.4) is 0 Å². The van der Waals surface area contributed by atoms with Crippen LogP contribution in [0.1, 0.15) is 64.2 Å². The van der Waals surface area contributed by atoms with E-state index in [1.165, 1.54) is 64.5 Å². The minimum Gasteiger partial charge on any atom is -0.335 e. The highest BCUT2D eigenvalue weighted by molar-refractivity contribution is 5.75. The van der Waals surface area contributed by atoms with Gasteiger partial charge in [0, 0.05) is 31.2 Å². The molecule has 124 valence electrons. The van der Waals surface area contributed by atoms with Gasteiger partial charge in [0.2, 0.25) is 0 Å². The Labute approximate surface area is 134 Å². The largest absolute Gasteiger partial charge is 0.335 e. The fourth-order valence-electron chi connectivity index (χ4n) is 4.71. The van der Waals surface area contributed by atoms with E-state index in [0.717, 1.165) is 30.7 Å². The van der Waals surface area contributed by atoms with Crippen molar-refractivity contribution in [3.63, 3.8) is 0 Å². The first-order valence-electron chi connectivity index (χ1n) is 9.60. The van der Waals surface area contributed by atoms with Crippen LogP contribution in [0, 0.1) is 11.8 Å². The van der Waals surface area contributed by atoms with Gasteiger partial charge < -0.3 is 15.5 Å². The Morgan fingerprint density at radius 3 is 2.27 bits per heavy atom. The molecule has 3 aliphatic carbocycles. The summed E-state index contributed by atoms with van der Waals surface area (Å²) < 4.78 is 0. The van der Waals surface area contributed by atoms with Crippen molar-refractivity contribution >= 4 is 6.03 Å². The maximum Gasteiger partial charge on any atom is 0.315 e. The number of hydrogen-bond acceptors (Lipinski definition) is 2. The van der Waals surface area contributed by atoms with Crippen LogP contribution in [0.15, 0.2) is 0 Å². The molecule has 2 atom stereocenters. The lowest BCUT2D eigenvalue weighted by Gasteiger charge is -2.32. The number of amides is 2. The summed E-state index contributed by atoms with van der Waals surface area (Å²) in [4.78, 5) is 14.8. The summed E-state index contributed by atoms with van der Waals surface area (Å²) in [5.74, 6) is 1.67. The second-order valence-electron chi connectivity index (χ2n) is 8.06. The third-order valence-electron chi connectivity index (χ3n) is 6.34. The van der Waals surface area contributed by atoms with E-state index in [9.17, 15) is 4.79 Å². The first-order chi connectivity index (χ1) is 10.8. The fourth-order valence-corrected chi connectivity index (χ4v) is 4.71. The molecular formula is C18H31N3O.